The third kappa shape index (κ3) is 3.40. The second-order valence-electron chi connectivity index (χ2n) is 13.6. The highest BCUT2D eigenvalue weighted by Gasteiger charge is 2.66. The number of terminal acetylenes is 1. The van der Waals surface area contributed by atoms with E-state index >= 15 is 0 Å². The summed E-state index contributed by atoms with van der Waals surface area (Å²) in [6, 6.07) is 0. The average molecular weight is 447 g/mol. The van der Waals surface area contributed by atoms with Gasteiger partial charge in [-0.05, 0) is 110 Å². The molecule has 4 fully saturated rings. The van der Waals surface area contributed by atoms with Crippen LogP contribution in [0.2, 0.25) is 18.1 Å². The number of aliphatic hydroxyl groups is 2. The first kappa shape index (κ1) is 23.8. The van der Waals surface area contributed by atoms with Crippen molar-refractivity contribution >= 4 is 8.32 Å². The van der Waals surface area contributed by atoms with Crippen LogP contribution < -0.4 is 0 Å². The smallest absolute Gasteiger partial charge is 0.188 e. The van der Waals surface area contributed by atoms with Crippen LogP contribution in [0.5, 0.6) is 0 Å². The topological polar surface area (TPSA) is 60.7 Å². The molecule has 3 unspecified atom stereocenters. The molecular weight excluding hydrogens is 400 g/mol. The fourth-order valence-electron chi connectivity index (χ4n) is 8.85. The van der Waals surface area contributed by atoms with Crippen molar-refractivity contribution in [1.29, 1.82) is 0 Å². The van der Waals surface area contributed by atoms with Crippen molar-refractivity contribution in [3.8, 4) is 12.3 Å². The number of rotatable bonds is 3. The Morgan fingerprint density at radius 3 is 2.26 bits per heavy atom. The highest BCUT2D eigenvalue weighted by molar-refractivity contribution is 6.72. The summed E-state index contributed by atoms with van der Waals surface area (Å²) in [5, 5.41) is 22.3. The van der Waals surface area contributed by atoms with Gasteiger partial charge < -0.3 is 15.0 Å². The molecule has 0 aromatic heterocycles. The van der Waals surface area contributed by atoms with Crippen LogP contribution in [0.25, 0.3) is 0 Å². The predicted molar refractivity (Wildman–Crippen MR) is 129 cm³/mol. The third-order valence-electron chi connectivity index (χ3n) is 11.6. The maximum Gasteiger partial charge on any atom is 0.188 e. The van der Waals surface area contributed by atoms with Gasteiger partial charge in [-0.3, -0.25) is 0 Å². The van der Waals surface area contributed by atoms with E-state index in [9.17, 15) is 15.0 Å². The minimum Gasteiger partial charge on any atom is -0.432 e. The van der Waals surface area contributed by atoms with Crippen LogP contribution in [-0.2, 0) is 0 Å². The van der Waals surface area contributed by atoms with Gasteiger partial charge in [0.15, 0.2) is 8.32 Å². The molecule has 0 bridgehead atoms. The molecule has 0 aromatic carbocycles. The molecule has 4 aliphatic carbocycles. The Bertz CT molecular complexity index is 751. The zero-order valence-corrected chi connectivity index (χ0v) is 21.7. The molecule has 3 N–H and O–H groups in total. The number of fused-ring (bicyclic) bond motifs is 5. The summed E-state index contributed by atoms with van der Waals surface area (Å²) in [6.45, 7) is 13.2. The van der Waals surface area contributed by atoms with E-state index in [0.717, 1.165) is 44.9 Å². The second-order valence-corrected chi connectivity index (χ2v) is 18.0. The molecule has 9 atom stereocenters. The molecule has 0 spiro atoms. The van der Waals surface area contributed by atoms with Crippen LogP contribution in [0.1, 0.15) is 85.5 Å². The quantitative estimate of drug-likeness (QED) is 0.405. The van der Waals surface area contributed by atoms with E-state index in [1.807, 2.05) is 13.1 Å². The number of aliphatic hydroxyl groups excluding tert-OH is 1. The fraction of sp³-hybridized carbons (Fsp3) is 0.926. The summed E-state index contributed by atoms with van der Waals surface area (Å²) in [6.07, 6.45) is 14.7. The summed E-state index contributed by atoms with van der Waals surface area (Å²) >= 11 is 0. The Hall–Kier alpha value is -0.343. The zero-order valence-electron chi connectivity index (χ0n) is 20.7. The van der Waals surface area contributed by atoms with Crippen LogP contribution in [-0.4, -0.2) is 35.0 Å². The Kier molecular flexibility index (Phi) is 5.63. The van der Waals surface area contributed by atoms with Gasteiger partial charge in [0, 0.05) is 5.92 Å². The van der Waals surface area contributed by atoms with Crippen molar-refractivity contribution in [2.24, 2.45) is 40.4 Å². The molecule has 0 amide bonds. The first-order valence-corrected chi connectivity index (χ1v) is 15.7. The molecule has 4 saturated carbocycles. The first-order chi connectivity index (χ1) is 14.2. The van der Waals surface area contributed by atoms with Crippen molar-refractivity contribution in [2.75, 3.05) is 0 Å². The third-order valence-corrected chi connectivity index (χ3v) is 15.1. The minimum atomic E-state index is -2.39. The molecule has 0 heterocycles. The summed E-state index contributed by atoms with van der Waals surface area (Å²) in [7, 11) is -2.39. The summed E-state index contributed by atoms with van der Waals surface area (Å²) < 4.78 is 0. The van der Waals surface area contributed by atoms with Gasteiger partial charge in [-0.2, -0.15) is 0 Å². The van der Waals surface area contributed by atoms with Crippen LogP contribution in [0.3, 0.4) is 0 Å². The average Bonchev–Trinajstić information content (AvgIpc) is 2.91. The Morgan fingerprint density at radius 1 is 1.00 bits per heavy atom. The molecule has 0 saturated heterocycles. The van der Waals surface area contributed by atoms with E-state index in [2.05, 4.69) is 33.6 Å². The van der Waals surface area contributed by atoms with Crippen LogP contribution in [0.15, 0.2) is 0 Å². The molecule has 0 aromatic rings. The molecule has 4 rings (SSSR count). The maximum absolute atomic E-state index is 12.1. The van der Waals surface area contributed by atoms with Gasteiger partial charge in [-0.1, -0.05) is 27.7 Å². The summed E-state index contributed by atoms with van der Waals surface area (Å²) in [4.78, 5) is 10.9. The minimum absolute atomic E-state index is 0.0956. The predicted octanol–water partition coefficient (Wildman–Crippen LogP) is 5.35. The fourth-order valence-corrected chi connectivity index (χ4v) is 9.58. The number of hydrogen-bond donors (Lipinski definition) is 3. The lowest BCUT2D eigenvalue weighted by atomic mass is 9.42. The Morgan fingerprint density at radius 2 is 1.65 bits per heavy atom. The van der Waals surface area contributed by atoms with Crippen molar-refractivity contribution < 1.29 is 15.0 Å². The van der Waals surface area contributed by atoms with Gasteiger partial charge in [-0.15, -0.1) is 12.3 Å². The molecule has 4 aliphatic rings. The van der Waals surface area contributed by atoms with Gasteiger partial charge in [0.2, 0.25) is 0 Å². The Balaban J connectivity index is 1.65. The van der Waals surface area contributed by atoms with E-state index in [0.29, 0.717) is 30.1 Å². The van der Waals surface area contributed by atoms with Gasteiger partial charge in [-0.25, -0.2) is 0 Å². The van der Waals surface area contributed by atoms with Crippen molar-refractivity contribution in [2.45, 2.75) is 115 Å². The molecule has 3 nitrogen and oxygen atoms in total. The standard InChI is InChI=1S/C27H46O3Si/c1-8-18-15-20-21(25(4)12-9-19(28)16-23(18)25)10-13-26(5)22(20)11-14-27(26,29)17-24(2,3)31(6,7)30/h1,18-23,28-30H,9-17H2,2-7H3/t18-,19+,20?,21?,22?,23-,25-,26+,27-/m1/s1. The lowest BCUT2D eigenvalue weighted by molar-refractivity contribution is -0.170. The van der Waals surface area contributed by atoms with Gasteiger partial charge in [0.1, 0.15) is 0 Å². The molecule has 4 heteroatoms. The SMILES string of the molecule is C#C[C@@H]1CC2C3CC[C@@](O)(CC(C)(C)[Si](C)(C)O)[C@@]3(C)CCC2[C@@]2(C)CC[C@H](O)C[C@H]12. The normalized spacial score (nSPS) is 50.2. The monoisotopic (exact) mass is 446 g/mol. The molecule has 176 valence electrons. The largest absolute Gasteiger partial charge is 0.432 e. The maximum atomic E-state index is 12.1. The summed E-state index contributed by atoms with van der Waals surface area (Å²) in [5.74, 6) is 5.58. The van der Waals surface area contributed by atoms with Crippen molar-refractivity contribution in [1.82, 2.24) is 0 Å². The van der Waals surface area contributed by atoms with Crippen molar-refractivity contribution in [3.63, 3.8) is 0 Å². The van der Waals surface area contributed by atoms with E-state index in [-0.39, 0.29) is 27.9 Å². The van der Waals surface area contributed by atoms with Gasteiger partial charge in [0.05, 0.1) is 11.7 Å². The lowest BCUT2D eigenvalue weighted by Crippen LogP contribution is -2.59. The van der Waals surface area contributed by atoms with Gasteiger partial charge in [0.25, 0.3) is 0 Å². The van der Waals surface area contributed by atoms with Crippen LogP contribution >= 0.6 is 0 Å². The van der Waals surface area contributed by atoms with E-state index in [1.54, 1.807) is 0 Å². The zero-order chi connectivity index (χ0) is 23.0. The van der Waals surface area contributed by atoms with E-state index in [4.69, 9.17) is 6.42 Å². The summed E-state index contributed by atoms with van der Waals surface area (Å²) in [5.41, 5.74) is -0.576. The van der Waals surface area contributed by atoms with E-state index < -0.39 is 13.9 Å². The molecular formula is C27H46O3Si. The highest BCUT2D eigenvalue weighted by atomic mass is 28.4. The van der Waals surface area contributed by atoms with E-state index in [1.165, 1.54) is 6.42 Å². The van der Waals surface area contributed by atoms with Gasteiger partial charge >= 0.3 is 0 Å². The van der Waals surface area contributed by atoms with Crippen LogP contribution in [0, 0.1) is 52.8 Å². The Labute approximate surface area is 191 Å². The lowest BCUT2D eigenvalue weighted by Gasteiger charge is -2.63. The second kappa shape index (κ2) is 7.33. The number of hydrogen-bond acceptors (Lipinski definition) is 3. The van der Waals surface area contributed by atoms with Crippen LogP contribution in [0.4, 0.5) is 0 Å². The molecule has 0 aliphatic heterocycles. The highest BCUT2D eigenvalue weighted by Crippen LogP contribution is 2.70. The molecule has 0 radical (unpaired) electrons. The van der Waals surface area contributed by atoms with Crippen molar-refractivity contribution in [3.05, 3.63) is 0 Å². The molecule has 31 heavy (non-hydrogen) atoms. The first-order valence-electron chi connectivity index (χ1n) is 12.8.